The predicted octanol–water partition coefficient (Wildman–Crippen LogP) is 13.7. The summed E-state index contributed by atoms with van der Waals surface area (Å²) in [5.41, 5.74) is 25.3. The van der Waals surface area contributed by atoms with E-state index >= 15 is 0 Å². The maximum Gasteiger partial charge on any atom is 0.243 e. The average molecular weight is 812 g/mol. The van der Waals surface area contributed by atoms with Crippen molar-refractivity contribution in [2.24, 2.45) is 0 Å². The summed E-state index contributed by atoms with van der Waals surface area (Å²) in [4.78, 5) is 2.32. The molecule has 0 fully saturated rings. The molecule has 9 aromatic rings. The van der Waals surface area contributed by atoms with E-state index in [1.165, 1.54) is 83.0 Å². The maximum absolute atomic E-state index is 12.4. The van der Waals surface area contributed by atoms with E-state index in [9.17, 15) is 5.11 Å². The van der Waals surface area contributed by atoms with E-state index in [0.29, 0.717) is 0 Å². The molecule has 1 heterocycles. The lowest BCUT2D eigenvalue weighted by molar-refractivity contribution is 0.477. The summed E-state index contributed by atoms with van der Waals surface area (Å²) in [7, 11) is 0. The molecule has 0 saturated carbocycles. The number of rotatable bonds is 6. The molecule has 0 aromatic heterocycles. The van der Waals surface area contributed by atoms with Crippen molar-refractivity contribution >= 4 is 50.9 Å². The molecule has 2 aliphatic rings. The Morgan fingerprint density at radius 2 is 1.03 bits per heavy atom. The molecule has 1 N–H and O–H groups in total. The van der Waals surface area contributed by atoms with Crippen LogP contribution in [0.25, 0.3) is 55.3 Å². The normalized spacial score (nSPS) is 13.2. The summed E-state index contributed by atoms with van der Waals surface area (Å²) < 4.78 is 0. The average Bonchev–Trinajstić information content (AvgIpc) is 3.50. The Morgan fingerprint density at radius 1 is 0.444 bits per heavy atom. The van der Waals surface area contributed by atoms with E-state index in [1.54, 1.807) is 0 Å². The molecule has 2 nitrogen and oxygen atoms in total. The van der Waals surface area contributed by atoms with Gasteiger partial charge in [0.2, 0.25) is 6.71 Å². The number of anilines is 3. The van der Waals surface area contributed by atoms with Gasteiger partial charge < -0.3 is 10.0 Å². The van der Waals surface area contributed by atoms with Gasteiger partial charge in [0.05, 0.1) is 5.69 Å². The lowest BCUT2D eigenvalue weighted by Crippen LogP contribution is -2.57. The van der Waals surface area contributed by atoms with Gasteiger partial charge in [-0.3, -0.25) is 0 Å². The number of hydrogen-bond acceptors (Lipinski definition) is 2. The van der Waals surface area contributed by atoms with Crippen LogP contribution in [0.15, 0.2) is 170 Å². The molecule has 9 aromatic carbocycles. The Morgan fingerprint density at radius 3 is 1.78 bits per heavy atom. The number of hydrogen-bond donors (Lipinski definition) is 1. The van der Waals surface area contributed by atoms with E-state index in [4.69, 9.17) is 0 Å². The van der Waals surface area contributed by atoms with Crippen LogP contribution in [0.5, 0.6) is 5.75 Å². The number of aromatic hydroxyl groups is 1. The lowest BCUT2D eigenvalue weighted by Gasteiger charge is -2.32. The number of phenols is 1. The Labute approximate surface area is 372 Å². The van der Waals surface area contributed by atoms with Gasteiger partial charge in [0.15, 0.2) is 0 Å². The molecule has 0 spiro atoms. The Kier molecular flexibility index (Phi) is 8.93. The molecule has 0 bridgehead atoms. The van der Waals surface area contributed by atoms with Gasteiger partial charge in [-0.1, -0.05) is 192 Å². The molecule has 0 amide bonds. The number of nitrogens with zero attached hydrogens (tertiary/aromatic N) is 1. The largest absolute Gasteiger partial charge is 0.507 e. The standard InChI is InChI=1S/C60H50BNO/c1-36-30-38(3)58(39(4)31-36)61-54-29-28-45(49-20-15-21-50(57(49)54)51-33-37(2)32-40(5)59(51)61)48-27-25-43(35-56(48)63)62(55-23-14-12-18-44(55)41-16-9-8-10-17-41)42-24-26-47-46-19-11-13-22-52(46)60(6,7)53(47)34-42/h8-35,63H,1-7H3. The molecule has 304 valence electrons. The molecule has 0 saturated heterocycles. The molecule has 3 heteroatoms. The minimum absolute atomic E-state index is 0.0898. The Balaban J connectivity index is 1.10. The Bertz CT molecular complexity index is 3320. The zero-order valence-electron chi connectivity index (χ0n) is 37.1. The van der Waals surface area contributed by atoms with E-state index in [2.05, 4.69) is 217 Å². The highest BCUT2D eigenvalue weighted by atomic mass is 16.3. The molecule has 1 aliphatic carbocycles. The third-order valence-electron chi connectivity index (χ3n) is 14.1. The maximum atomic E-state index is 12.4. The minimum atomic E-state index is -0.166. The Hall–Kier alpha value is -7.10. The van der Waals surface area contributed by atoms with Crippen LogP contribution in [0, 0.1) is 34.6 Å². The predicted molar refractivity (Wildman–Crippen MR) is 269 cm³/mol. The molecular formula is C60H50BNO. The summed E-state index contributed by atoms with van der Waals surface area (Å²) in [6.45, 7) is 16.0. The zero-order valence-corrected chi connectivity index (χ0v) is 37.1. The highest BCUT2D eigenvalue weighted by Gasteiger charge is 2.37. The van der Waals surface area contributed by atoms with Crippen molar-refractivity contribution in [1.82, 2.24) is 0 Å². The van der Waals surface area contributed by atoms with Crippen LogP contribution >= 0.6 is 0 Å². The SMILES string of the molecule is Cc1cc(C)c(B2c3c(C)cc(C)cc3-c3cccc4c(-c5ccc(N(c6ccc7c(c6)C(C)(C)c6ccccc6-7)c6ccccc6-c6ccccc6)cc5O)ccc2c34)c(C)c1. The number of aryl methyl sites for hydroxylation is 5. The number of fused-ring (bicyclic) bond motifs is 5. The van der Waals surface area contributed by atoms with Gasteiger partial charge >= 0.3 is 0 Å². The summed E-state index contributed by atoms with van der Waals surface area (Å²) in [6.07, 6.45) is 0. The molecule has 0 unspecified atom stereocenters. The third-order valence-corrected chi connectivity index (χ3v) is 14.1. The zero-order chi connectivity index (χ0) is 43.3. The lowest BCUT2D eigenvalue weighted by atomic mass is 9.32. The van der Waals surface area contributed by atoms with Crippen molar-refractivity contribution in [3.05, 3.63) is 209 Å². The molecule has 1 aliphatic heterocycles. The van der Waals surface area contributed by atoms with E-state index < -0.39 is 0 Å². The second kappa shape index (κ2) is 14.5. The van der Waals surface area contributed by atoms with Crippen LogP contribution in [0.2, 0.25) is 0 Å². The topological polar surface area (TPSA) is 23.5 Å². The van der Waals surface area contributed by atoms with Gasteiger partial charge in [0, 0.05) is 34.0 Å². The van der Waals surface area contributed by atoms with Crippen molar-refractivity contribution in [2.45, 2.75) is 53.9 Å². The van der Waals surface area contributed by atoms with Crippen LogP contribution in [-0.4, -0.2) is 11.8 Å². The van der Waals surface area contributed by atoms with Gasteiger partial charge in [-0.25, -0.2) is 0 Å². The van der Waals surface area contributed by atoms with Gasteiger partial charge in [0.1, 0.15) is 5.75 Å². The fourth-order valence-electron chi connectivity index (χ4n) is 11.5. The van der Waals surface area contributed by atoms with E-state index in [-0.39, 0.29) is 17.9 Å². The van der Waals surface area contributed by atoms with Gasteiger partial charge in [0.25, 0.3) is 0 Å². The van der Waals surface area contributed by atoms with Crippen molar-refractivity contribution < 1.29 is 5.11 Å². The summed E-state index contributed by atoms with van der Waals surface area (Å²) in [6, 6.07) is 61.9. The second-order valence-corrected chi connectivity index (χ2v) is 18.5. The molecule has 11 rings (SSSR count). The van der Waals surface area contributed by atoms with Gasteiger partial charge in [-0.2, -0.15) is 0 Å². The highest BCUT2D eigenvalue weighted by molar-refractivity contribution is 6.99. The van der Waals surface area contributed by atoms with Gasteiger partial charge in [-0.05, 0) is 120 Å². The van der Waals surface area contributed by atoms with Crippen LogP contribution in [0.4, 0.5) is 17.1 Å². The number of para-hydroxylation sites is 1. The fourth-order valence-corrected chi connectivity index (χ4v) is 11.5. The molecular weight excluding hydrogens is 761 g/mol. The first-order valence-electron chi connectivity index (χ1n) is 22.3. The van der Waals surface area contributed by atoms with Crippen molar-refractivity contribution in [1.29, 1.82) is 0 Å². The smallest absolute Gasteiger partial charge is 0.243 e. The third kappa shape index (κ3) is 6.01. The van der Waals surface area contributed by atoms with Gasteiger partial charge in [-0.15, -0.1) is 0 Å². The molecule has 0 atom stereocenters. The first-order chi connectivity index (χ1) is 30.5. The summed E-state index contributed by atoms with van der Waals surface area (Å²) in [5, 5.41) is 14.8. The van der Waals surface area contributed by atoms with Crippen molar-refractivity contribution in [3.8, 4) is 50.3 Å². The highest BCUT2D eigenvalue weighted by Crippen LogP contribution is 2.52. The monoisotopic (exact) mass is 811 g/mol. The van der Waals surface area contributed by atoms with Crippen LogP contribution in [0.3, 0.4) is 0 Å². The first kappa shape index (κ1) is 38.8. The van der Waals surface area contributed by atoms with Crippen molar-refractivity contribution in [3.63, 3.8) is 0 Å². The number of phenolic OH excluding ortho intramolecular Hbond substituents is 1. The van der Waals surface area contributed by atoms with Crippen LogP contribution < -0.4 is 21.3 Å². The van der Waals surface area contributed by atoms with Crippen LogP contribution in [-0.2, 0) is 5.41 Å². The summed E-state index contributed by atoms with van der Waals surface area (Å²) >= 11 is 0. The van der Waals surface area contributed by atoms with Crippen molar-refractivity contribution in [2.75, 3.05) is 4.90 Å². The van der Waals surface area contributed by atoms with Crippen LogP contribution in [0.1, 0.15) is 52.8 Å². The summed E-state index contributed by atoms with van der Waals surface area (Å²) in [5.74, 6) is 0.244. The first-order valence-corrected chi connectivity index (χ1v) is 22.3. The van der Waals surface area contributed by atoms with E-state index in [0.717, 1.165) is 44.7 Å². The minimum Gasteiger partial charge on any atom is -0.507 e. The fraction of sp³-hybridized carbons (Fsp3) is 0.133. The quantitative estimate of drug-likeness (QED) is 0.169. The second-order valence-electron chi connectivity index (χ2n) is 18.5. The number of benzene rings is 9. The van der Waals surface area contributed by atoms with E-state index in [1.807, 2.05) is 6.07 Å². The molecule has 63 heavy (non-hydrogen) atoms. The molecule has 0 radical (unpaired) electrons.